The molecule has 4 rings (SSSR count). The third-order valence-corrected chi connectivity index (χ3v) is 10.2. The van der Waals surface area contributed by atoms with Gasteiger partial charge in [0.1, 0.15) is 5.52 Å². The van der Waals surface area contributed by atoms with Crippen LogP contribution in [0.2, 0.25) is 0 Å². The molecular weight excluding hydrogens is 694 g/mol. The lowest BCUT2D eigenvalue weighted by molar-refractivity contribution is -0.148. The van der Waals surface area contributed by atoms with Crippen LogP contribution in [0.25, 0.3) is 11.0 Å². The van der Waals surface area contributed by atoms with Gasteiger partial charge in [0, 0.05) is 43.7 Å². The molecule has 1 amide bonds. The number of fused-ring (bicyclic) bond motifs is 1. The fourth-order valence-electron chi connectivity index (χ4n) is 6.39. The van der Waals surface area contributed by atoms with Crippen molar-refractivity contribution in [2.45, 2.75) is 104 Å². The highest BCUT2D eigenvalue weighted by atomic mass is 79.9. The summed E-state index contributed by atoms with van der Waals surface area (Å²) in [6.45, 7) is 5.45. The molecule has 50 heavy (non-hydrogen) atoms. The summed E-state index contributed by atoms with van der Waals surface area (Å²) < 4.78 is 8.62. The molecule has 0 saturated heterocycles. The summed E-state index contributed by atoms with van der Waals surface area (Å²) in [6, 6.07) is 3.88. The van der Waals surface area contributed by atoms with Crippen LogP contribution in [0, 0.1) is 11.8 Å². The van der Waals surface area contributed by atoms with Crippen LogP contribution in [-0.4, -0.2) is 62.0 Å². The quantitative estimate of drug-likeness (QED) is 0.0602. The molecule has 0 spiro atoms. The molecule has 0 unspecified atom stereocenters. The maximum Gasteiger partial charge on any atom is 0.305 e. The third kappa shape index (κ3) is 12.0. The van der Waals surface area contributed by atoms with Crippen LogP contribution in [0.3, 0.4) is 0 Å². The van der Waals surface area contributed by atoms with Crippen LogP contribution in [0.15, 0.2) is 64.8 Å². The monoisotopic (exact) mass is 749 g/mol. The SMILES string of the molecule is CCCCC/C=C\C/C=C\CCCCCCCC(=O)OC[C@H](Cc1cncn1C)[C@H](CC)C(=O)N1CCN=C1Nc1ccc2[nH]cnc2c1Br. The van der Waals surface area contributed by atoms with Gasteiger partial charge in [-0.2, -0.15) is 0 Å². The minimum absolute atomic E-state index is 0.0230. The van der Waals surface area contributed by atoms with Gasteiger partial charge in [0.2, 0.25) is 11.9 Å². The Labute approximate surface area is 306 Å². The molecule has 3 aromatic rings. The van der Waals surface area contributed by atoms with Gasteiger partial charge in [-0.05, 0) is 79.4 Å². The average molecular weight is 751 g/mol. The van der Waals surface area contributed by atoms with Crippen LogP contribution in [0.4, 0.5) is 5.69 Å². The maximum absolute atomic E-state index is 14.2. The number of aryl methyl sites for hydroxylation is 1. The molecule has 0 radical (unpaired) electrons. The molecule has 10 nitrogen and oxygen atoms in total. The first-order valence-corrected chi connectivity index (χ1v) is 19.4. The number of imidazole rings is 2. The van der Waals surface area contributed by atoms with E-state index < -0.39 is 0 Å². The van der Waals surface area contributed by atoms with Gasteiger partial charge in [-0.15, -0.1) is 0 Å². The van der Waals surface area contributed by atoms with Crippen LogP contribution in [0.5, 0.6) is 0 Å². The number of carbonyl (C=O) groups excluding carboxylic acids is 2. The molecule has 0 bridgehead atoms. The van der Waals surface area contributed by atoms with Crippen LogP contribution < -0.4 is 5.32 Å². The molecular formula is C39H56BrN7O3. The number of guanidine groups is 1. The van der Waals surface area contributed by atoms with Crippen molar-refractivity contribution in [2.24, 2.45) is 23.9 Å². The van der Waals surface area contributed by atoms with Gasteiger partial charge >= 0.3 is 5.97 Å². The molecule has 272 valence electrons. The predicted molar refractivity (Wildman–Crippen MR) is 206 cm³/mol. The zero-order valence-corrected chi connectivity index (χ0v) is 31.8. The van der Waals surface area contributed by atoms with E-state index in [0.717, 1.165) is 59.0 Å². The molecule has 2 aromatic heterocycles. The fourth-order valence-corrected chi connectivity index (χ4v) is 6.94. The standard InChI is InChI=1S/C39H56BrN7O3/c1-4-6-7-8-9-10-11-12-13-14-15-16-17-18-19-20-35(48)50-27-30(25-31-26-41-29-46(31)3)32(5-2)38(49)47-24-23-42-39(47)45-33-21-22-34-37(36(33)40)44-28-43-34/h9-10,12-13,21-22,26,28-30,32H,4-8,11,14-20,23-25,27H2,1-3H3,(H,42,45)(H,43,44)/b10-9-,13-12-/t30-,32-/m0/s1. The van der Waals surface area contributed by atoms with E-state index >= 15 is 0 Å². The van der Waals surface area contributed by atoms with Crippen molar-refractivity contribution >= 4 is 50.5 Å². The van der Waals surface area contributed by atoms with Crippen molar-refractivity contribution < 1.29 is 14.3 Å². The van der Waals surface area contributed by atoms with E-state index in [1.54, 1.807) is 17.6 Å². The first-order valence-electron chi connectivity index (χ1n) is 18.6. The van der Waals surface area contributed by atoms with Crippen molar-refractivity contribution in [3.05, 3.63) is 65.5 Å². The average Bonchev–Trinajstić information content (AvgIpc) is 3.89. The number of allylic oxidation sites excluding steroid dienone is 4. The molecule has 1 aliphatic rings. The highest BCUT2D eigenvalue weighted by molar-refractivity contribution is 9.10. The van der Waals surface area contributed by atoms with Crippen molar-refractivity contribution in [2.75, 3.05) is 25.0 Å². The number of esters is 1. The summed E-state index contributed by atoms with van der Waals surface area (Å²) in [6.07, 6.45) is 28.5. The zero-order valence-electron chi connectivity index (χ0n) is 30.2. The van der Waals surface area contributed by atoms with Gasteiger partial charge in [-0.3, -0.25) is 19.5 Å². The topological polar surface area (TPSA) is 117 Å². The summed E-state index contributed by atoms with van der Waals surface area (Å²) in [5.41, 5.74) is 3.49. The van der Waals surface area contributed by atoms with Crippen LogP contribution in [0.1, 0.15) is 103 Å². The maximum atomic E-state index is 14.2. The molecule has 2 N–H and O–H groups in total. The van der Waals surface area contributed by atoms with E-state index in [4.69, 9.17) is 4.74 Å². The molecule has 0 fully saturated rings. The Morgan fingerprint density at radius 1 is 1.04 bits per heavy atom. The zero-order chi connectivity index (χ0) is 35.6. The van der Waals surface area contributed by atoms with Crippen LogP contribution >= 0.6 is 15.9 Å². The molecule has 0 aliphatic carbocycles. The summed E-state index contributed by atoms with van der Waals surface area (Å²) in [7, 11) is 1.95. The van der Waals surface area contributed by atoms with E-state index in [1.807, 2.05) is 36.9 Å². The number of H-pyrrole nitrogens is 1. The number of carbonyl (C=O) groups is 2. The van der Waals surface area contributed by atoms with Gasteiger partial charge < -0.3 is 19.6 Å². The Morgan fingerprint density at radius 2 is 1.80 bits per heavy atom. The number of aromatic amines is 1. The Morgan fingerprint density at radius 3 is 2.54 bits per heavy atom. The number of amides is 1. The number of nitrogens with zero attached hydrogens (tertiary/aromatic N) is 5. The summed E-state index contributed by atoms with van der Waals surface area (Å²) in [5, 5.41) is 3.36. The number of unbranched alkanes of at least 4 members (excludes halogenated alkanes) is 8. The van der Waals surface area contributed by atoms with Gasteiger partial charge in [-0.1, -0.05) is 70.3 Å². The summed E-state index contributed by atoms with van der Waals surface area (Å²) in [5.74, 6) is -0.273. The number of ether oxygens (including phenoxy) is 1. The van der Waals surface area contributed by atoms with E-state index in [-0.39, 0.29) is 30.3 Å². The minimum Gasteiger partial charge on any atom is -0.465 e. The fraction of sp³-hybridized carbons (Fsp3) is 0.564. The van der Waals surface area contributed by atoms with E-state index in [9.17, 15) is 9.59 Å². The Bertz CT molecular complexity index is 1580. The third-order valence-electron chi connectivity index (χ3n) is 9.39. The second kappa shape index (κ2) is 21.5. The Balaban J connectivity index is 1.23. The first kappa shape index (κ1) is 39.1. The predicted octanol–water partition coefficient (Wildman–Crippen LogP) is 8.91. The van der Waals surface area contributed by atoms with Gasteiger partial charge in [0.05, 0.1) is 41.5 Å². The molecule has 3 heterocycles. The molecule has 1 aromatic carbocycles. The lowest BCUT2D eigenvalue weighted by atomic mass is 9.85. The number of benzene rings is 1. The lowest BCUT2D eigenvalue weighted by Gasteiger charge is -2.30. The largest absolute Gasteiger partial charge is 0.465 e. The van der Waals surface area contributed by atoms with Crippen molar-refractivity contribution in [1.29, 1.82) is 0 Å². The van der Waals surface area contributed by atoms with Crippen molar-refractivity contribution in [3.8, 4) is 0 Å². The smallest absolute Gasteiger partial charge is 0.305 e. The minimum atomic E-state index is -0.365. The first-order chi connectivity index (χ1) is 24.4. The lowest BCUT2D eigenvalue weighted by Crippen LogP contribution is -2.45. The van der Waals surface area contributed by atoms with Gasteiger partial charge in [-0.25, -0.2) is 9.97 Å². The van der Waals surface area contributed by atoms with Gasteiger partial charge in [0.15, 0.2) is 0 Å². The molecule has 0 saturated carbocycles. The van der Waals surface area contributed by atoms with E-state index in [1.165, 1.54) is 38.5 Å². The number of halogens is 1. The summed E-state index contributed by atoms with van der Waals surface area (Å²) >= 11 is 3.65. The Hall–Kier alpha value is -3.73. The summed E-state index contributed by atoms with van der Waals surface area (Å²) in [4.78, 5) is 45.2. The molecule has 2 atom stereocenters. The van der Waals surface area contributed by atoms with Gasteiger partial charge in [0.25, 0.3) is 0 Å². The highest BCUT2D eigenvalue weighted by Crippen LogP contribution is 2.31. The highest BCUT2D eigenvalue weighted by Gasteiger charge is 2.35. The van der Waals surface area contributed by atoms with E-state index in [2.05, 4.69) is 72.4 Å². The van der Waals surface area contributed by atoms with E-state index in [0.29, 0.717) is 38.3 Å². The van der Waals surface area contributed by atoms with Crippen molar-refractivity contribution in [1.82, 2.24) is 24.4 Å². The number of hydrogen-bond acceptors (Lipinski definition) is 7. The second-order valence-corrected chi connectivity index (χ2v) is 14.0. The number of anilines is 1. The number of hydrogen-bond donors (Lipinski definition) is 2. The Kier molecular flexibility index (Phi) is 16.8. The number of aliphatic imine (C=N–C) groups is 1. The van der Waals surface area contributed by atoms with Crippen molar-refractivity contribution in [3.63, 3.8) is 0 Å². The van der Waals surface area contributed by atoms with Crippen LogP contribution in [-0.2, 0) is 27.8 Å². The number of rotatable bonds is 22. The normalized spacial score (nSPS) is 14.6. The molecule has 1 aliphatic heterocycles. The molecule has 11 heteroatoms. The second-order valence-electron chi connectivity index (χ2n) is 13.2. The number of aromatic nitrogens is 4. The number of nitrogens with one attached hydrogen (secondary N) is 2.